The van der Waals surface area contributed by atoms with Crippen LogP contribution in [0.5, 0.6) is 5.75 Å². The second kappa shape index (κ2) is 12.6. The Hall–Kier alpha value is -4.14. The summed E-state index contributed by atoms with van der Waals surface area (Å²) in [4.78, 5) is 35.7. The largest absolute Gasteiger partial charge is 0.492 e. The Morgan fingerprint density at radius 1 is 1.12 bits per heavy atom. The average Bonchev–Trinajstić information content (AvgIpc) is 3.46. The molecule has 0 radical (unpaired) electrons. The minimum Gasteiger partial charge on any atom is -0.492 e. The molecular formula is C32H39N5O4. The van der Waals surface area contributed by atoms with Gasteiger partial charge in [-0.3, -0.25) is 9.78 Å². The molecular weight excluding hydrogens is 518 g/mol. The molecule has 5 rings (SSSR count). The van der Waals surface area contributed by atoms with Crippen molar-refractivity contribution in [1.29, 1.82) is 0 Å². The standard InChI is InChI=1S/C32H39N5O4/c1-32(2,3)41-31(39)37-16-10-22(11-17-37)7-15-34-30(38)25-6-4-5-23(19-25)20-35-29-26-12-18-40-28(26)27(21-36-29)24-8-13-33-14-9-24/h4-6,8-9,13-14,19,21-22H,7,10-12,15-18,20H2,1-3H3,(H,34,38)(H,35,36). The number of hydrogen-bond donors (Lipinski definition) is 2. The van der Waals surface area contributed by atoms with Gasteiger partial charge in [0.1, 0.15) is 17.2 Å². The number of likely N-dealkylation sites (tertiary alicyclic amines) is 1. The molecule has 41 heavy (non-hydrogen) atoms. The Kier molecular flexibility index (Phi) is 8.71. The van der Waals surface area contributed by atoms with Crippen molar-refractivity contribution in [3.05, 3.63) is 71.7 Å². The molecule has 1 aromatic carbocycles. The zero-order valence-corrected chi connectivity index (χ0v) is 24.1. The highest BCUT2D eigenvalue weighted by molar-refractivity contribution is 5.94. The lowest BCUT2D eigenvalue weighted by atomic mass is 9.94. The van der Waals surface area contributed by atoms with Crippen molar-refractivity contribution in [1.82, 2.24) is 20.2 Å². The molecule has 2 aliphatic rings. The van der Waals surface area contributed by atoms with Crippen LogP contribution in [-0.4, -0.2) is 58.7 Å². The molecule has 2 N–H and O–H groups in total. The number of anilines is 1. The number of nitrogens with one attached hydrogen (secondary N) is 2. The van der Waals surface area contributed by atoms with Gasteiger partial charge in [0.15, 0.2) is 0 Å². The van der Waals surface area contributed by atoms with Gasteiger partial charge in [-0.25, -0.2) is 9.78 Å². The predicted molar refractivity (Wildman–Crippen MR) is 158 cm³/mol. The molecule has 1 saturated heterocycles. The topological polar surface area (TPSA) is 106 Å². The Balaban J connectivity index is 1.10. The Morgan fingerprint density at radius 2 is 1.90 bits per heavy atom. The zero-order chi connectivity index (χ0) is 28.8. The number of benzene rings is 1. The number of carbonyl (C=O) groups excluding carboxylic acids is 2. The van der Waals surface area contributed by atoms with Crippen LogP contribution in [0.25, 0.3) is 11.1 Å². The summed E-state index contributed by atoms with van der Waals surface area (Å²) >= 11 is 0. The molecule has 1 fully saturated rings. The van der Waals surface area contributed by atoms with Crippen molar-refractivity contribution in [2.24, 2.45) is 5.92 Å². The van der Waals surface area contributed by atoms with Crippen LogP contribution in [0.3, 0.4) is 0 Å². The van der Waals surface area contributed by atoms with E-state index in [9.17, 15) is 9.59 Å². The SMILES string of the molecule is CC(C)(C)OC(=O)N1CCC(CCNC(=O)c2cccc(CNc3ncc(-c4ccncc4)c4c3CCO4)c2)CC1. The lowest BCUT2D eigenvalue weighted by molar-refractivity contribution is 0.0181. The number of fused-ring (bicyclic) bond motifs is 1. The minimum absolute atomic E-state index is 0.0767. The summed E-state index contributed by atoms with van der Waals surface area (Å²) in [5.74, 6) is 2.08. The predicted octanol–water partition coefficient (Wildman–Crippen LogP) is 5.46. The Labute approximate surface area is 241 Å². The minimum atomic E-state index is -0.482. The third-order valence-corrected chi connectivity index (χ3v) is 7.47. The number of hydrogen-bond acceptors (Lipinski definition) is 7. The van der Waals surface area contributed by atoms with Crippen molar-refractivity contribution < 1.29 is 19.1 Å². The van der Waals surface area contributed by atoms with Gasteiger partial charge < -0.3 is 25.0 Å². The fraction of sp³-hybridized carbons (Fsp3) is 0.438. The van der Waals surface area contributed by atoms with E-state index >= 15 is 0 Å². The molecule has 4 heterocycles. The summed E-state index contributed by atoms with van der Waals surface area (Å²) in [5.41, 5.74) is 4.23. The van der Waals surface area contributed by atoms with Gasteiger partial charge in [-0.05, 0) is 81.3 Å². The van der Waals surface area contributed by atoms with Crippen LogP contribution in [0.2, 0.25) is 0 Å². The quantitative estimate of drug-likeness (QED) is 0.379. The molecule has 216 valence electrons. The van der Waals surface area contributed by atoms with Crippen LogP contribution in [-0.2, 0) is 17.7 Å². The van der Waals surface area contributed by atoms with Gasteiger partial charge in [-0.15, -0.1) is 0 Å². The van der Waals surface area contributed by atoms with Crippen LogP contribution < -0.4 is 15.4 Å². The molecule has 0 aliphatic carbocycles. The van der Waals surface area contributed by atoms with Crippen LogP contribution in [0.1, 0.15) is 61.5 Å². The maximum Gasteiger partial charge on any atom is 0.410 e. The highest BCUT2D eigenvalue weighted by Crippen LogP contribution is 2.39. The number of nitrogens with zero attached hydrogens (tertiary/aromatic N) is 3. The number of ether oxygens (including phenoxy) is 2. The van der Waals surface area contributed by atoms with Crippen molar-refractivity contribution in [3.8, 4) is 16.9 Å². The van der Waals surface area contributed by atoms with Crippen LogP contribution in [0.4, 0.5) is 10.6 Å². The van der Waals surface area contributed by atoms with Gasteiger partial charge in [0.2, 0.25) is 0 Å². The number of rotatable bonds is 8. The normalized spacial score (nSPS) is 15.1. The van der Waals surface area contributed by atoms with E-state index in [1.54, 1.807) is 17.3 Å². The smallest absolute Gasteiger partial charge is 0.410 e. The van der Waals surface area contributed by atoms with Gasteiger partial charge in [-0.1, -0.05) is 12.1 Å². The van der Waals surface area contributed by atoms with E-state index in [2.05, 4.69) is 15.6 Å². The van der Waals surface area contributed by atoms with Crippen LogP contribution in [0.15, 0.2) is 55.0 Å². The monoisotopic (exact) mass is 557 g/mol. The van der Waals surface area contributed by atoms with Gasteiger partial charge >= 0.3 is 6.09 Å². The van der Waals surface area contributed by atoms with Crippen molar-refractivity contribution in [3.63, 3.8) is 0 Å². The molecule has 0 saturated carbocycles. The van der Waals surface area contributed by atoms with Gasteiger partial charge in [0, 0.05) is 67.9 Å². The third kappa shape index (κ3) is 7.34. The molecule has 9 heteroatoms. The molecule has 0 unspecified atom stereocenters. The summed E-state index contributed by atoms with van der Waals surface area (Å²) in [7, 11) is 0. The summed E-state index contributed by atoms with van der Waals surface area (Å²) in [6, 6.07) is 11.6. The van der Waals surface area contributed by atoms with Crippen molar-refractivity contribution >= 4 is 17.8 Å². The molecule has 9 nitrogen and oxygen atoms in total. The first-order chi connectivity index (χ1) is 19.8. The van der Waals surface area contributed by atoms with E-state index < -0.39 is 5.60 Å². The number of pyridine rings is 2. The summed E-state index contributed by atoms with van der Waals surface area (Å²) in [5, 5.41) is 6.51. The second-order valence-electron chi connectivity index (χ2n) is 11.7. The summed E-state index contributed by atoms with van der Waals surface area (Å²) in [6.07, 6.45) is 8.66. The first-order valence-corrected chi connectivity index (χ1v) is 14.4. The van der Waals surface area contributed by atoms with Crippen LogP contribution >= 0.6 is 0 Å². The number of aromatic nitrogens is 2. The number of piperidine rings is 1. The average molecular weight is 558 g/mol. The Morgan fingerprint density at radius 3 is 2.66 bits per heavy atom. The Bertz CT molecular complexity index is 1360. The maximum atomic E-state index is 12.9. The molecule has 0 spiro atoms. The molecule has 2 amide bonds. The van der Waals surface area contributed by atoms with Gasteiger partial charge in [-0.2, -0.15) is 0 Å². The van der Waals surface area contributed by atoms with E-state index in [0.29, 0.717) is 44.3 Å². The summed E-state index contributed by atoms with van der Waals surface area (Å²) < 4.78 is 11.4. The molecule has 0 bridgehead atoms. The van der Waals surface area contributed by atoms with Crippen molar-refractivity contribution in [2.45, 2.75) is 58.6 Å². The van der Waals surface area contributed by atoms with E-state index in [1.165, 1.54) is 0 Å². The van der Waals surface area contributed by atoms with Crippen LogP contribution in [0, 0.1) is 5.92 Å². The first-order valence-electron chi connectivity index (χ1n) is 14.4. The second-order valence-corrected chi connectivity index (χ2v) is 11.7. The lowest BCUT2D eigenvalue weighted by Crippen LogP contribution is -2.42. The fourth-order valence-corrected chi connectivity index (χ4v) is 5.31. The van der Waals surface area contributed by atoms with Gasteiger partial charge in [0.05, 0.1) is 6.61 Å². The molecule has 3 aromatic rings. The molecule has 0 atom stereocenters. The van der Waals surface area contributed by atoms with Gasteiger partial charge in [0.25, 0.3) is 5.91 Å². The molecule has 2 aromatic heterocycles. The maximum absolute atomic E-state index is 12.9. The fourth-order valence-electron chi connectivity index (χ4n) is 5.31. The highest BCUT2D eigenvalue weighted by atomic mass is 16.6. The molecule has 2 aliphatic heterocycles. The number of amides is 2. The van der Waals surface area contributed by atoms with E-state index in [0.717, 1.165) is 59.5 Å². The third-order valence-electron chi connectivity index (χ3n) is 7.47. The van der Waals surface area contributed by atoms with Crippen molar-refractivity contribution in [2.75, 3.05) is 31.6 Å². The highest BCUT2D eigenvalue weighted by Gasteiger charge is 2.27. The van der Waals surface area contributed by atoms with E-state index in [-0.39, 0.29) is 12.0 Å². The number of carbonyl (C=O) groups is 2. The van der Waals surface area contributed by atoms with E-state index in [1.807, 2.05) is 63.4 Å². The first kappa shape index (κ1) is 28.4. The zero-order valence-electron chi connectivity index (χ0n) is 24.1. The van der Waals surface area contributed by atoms with E-state index in [4.69, 9.17) is 14.5 Å². The summed E-state index contributed by atoms with van der Waals surface area (Å²) in [6.45, 7) is 8.82. The lowest BCUT2D eigenvalue weighted by Gasteiger charge is -2.33.